The number of carboxylic acid groups (broad SMARTS) is 1. The Bertz CT molecular complexity index is 521. The molecule has 0 aromatic carbocycles. The Morgan fingerprint density at radius 3 is 2.70 bits per heavy atom. The highest BCUT2D eigenvalue weighted by molar-refractivity contribution is 5.86. The number of hydrogen-bond acceptors (Lipinski definition) is 3. The van der Waals surface area contributed by atoms with E-state index >= 15 is 0 Å². The van der Waals surface area contributed by atoms with Gasteiger partial charge in [0.05, 0.1) is 6.20 Å². The number of carboxylic acids is 1. The fraction of sp³-hybridized carbons (Fsp3) is 0.643. The third-order valence-electron chi connectivity index (χ3n) is 4.17. The van der Waals surface area contributed by atoms with E-state index in [4.69, 9.17) is 0 Å². The summed E-state index contributed by atoms with van der Waals surface area (Å²) in [5.41, 5.74) is 0.423. The van der Waals surface area contributed by atoms with Gasteiger partial charge in [-0.15, -0.1) is 0 Å². The predicted octanol–water partition coefficient (Wildman–Crippen LogP) is 1.49. The molecule has 2 N–H and O–H groups in total. The Balaban J connectivity index is 2.13. The molecule has 20 heavy (non-hydrogen) atoms. The number of rotatable bonds is 4. The predicted molar refractivity (Wildman–Crippen MR) is 72.8 cm³/mol. The van der Waals surface area contributed by atoms with E-state index < -0.39 is 12.0 Å². The fourth-order valence-electron chi connectivity index (χ4n) is 2.93. The van der Waals surface area contributed by atoms with Crippen LogP contribution in [0.4, 0.5) is 0 Å². The lowest BCUT2D eigenvalue weighted by atomic mass is 9.81. The van der Waals surface area contributed by atoms with E-state index in [1.54, 1.807) is 13.2 Å². The number of nitrogens with one attached hydrogen (secondary N) is 1. The molecule has 1 amide bonds. The van der Waals surface area contributed by atoms with Crippen LogP contribution in [0.1, 0.15) is 44.7 Å². The zero-order chi connectivity index (χ0) is 14.9. The Morgan fingerprint density at radius 2 is 2.25 bits per heavy atom. The van der Waals surface area contributed by atoms with Gasteiger partial charge < -0.3 is 10.4 Å². The number of aryl methyl sites for hydroxylation is 1. The molecular weight excluding hydrogens is 258 g/mol. The molecule has 0 radical (unpaired) electrons. The van der Waals surface area contributed by atoms with Crippen LogP contribution in [0.15, 0.2) is 12.4 Å². The van der Waals surface area contributed by atoms with Crippen LogP contribution in [0.3, 0.4) is 0 Å². The molecule has 1 heterocycles. The molecule has 1 aliphatic rings. The van der Waals surface area contributed by atoms with Gasteiger partial charge in [-0.05, 0) is 18.3 Å². The molecule has 0 aliphatic heterocycles. The molecule has 0 bridgehead atoms. The van der Waals surface area contributed by atoms with Gasteiger partial charge in [-0.3, -0.25) is 9.48 Å². The highest BCUT2D eigenvalue weighted by Crippen LogP contribution is 2.42. The van der Waals surface area contributed by atoms with E-state index in [9.17, 15) is 14.7 Å². The molecule has 2 atom stereocenters. The topological polar surface area (TPSA) is 84.2 Å². The van der Waals surface area contributed by atoms with Crippen LogP contribution in [0, 0.1) is 11.3 Å². The van der Waals surface area contributed by atoms with Crippen LogP contribution in [-0.4, -0.2) is 26.8 Å². The number of hydrogen-bond donors (Lipinski definition) is 2. The van der Waals surface area contributed by atoms with E-state index in [0.717, 1.165) is 19.3 Å². The smallest absolute Gasteiger partial charge is 0.331 e. The molecule has 0 saturated heterocycles. The van der Waals surface area contributed by atoms with Gasteiger partial charge in [0.2, 0.25) is 5.91 Å². The van der Waals surface area contributed by atoms with Crippen molar-refractivity contribution in [1.82, 2.24) is 15.1 Å². The lowest BCUT2D eigenvalue weighted by molar-refractivity contribution is -0.143. The highest BCUT2D eigenvalue weighted by Gasteiger charge is 2.40. The Morgan fingerprint density at radius 1 is 1.55 bits per heavy atom. The van der Waals surface area contributed by atoms with Crippen molar-refractivity contribution >= 4 is 11.9 Å². The molecule has 1 aromatic rings. The molecule has 1 aromatic heterocycles. The first-order valence-electron chi connectivity index (χ1n) is 6.83. The Hall–Kier alpha value is -1.85. The molecule has 110 valence electrons. The normalized spacial score (nSPS) is 22.4. The largest absolute Gasteiger partial charge is 0.479 e. The summed E-state index contributed by atoms with van der Waals surface area (Å²) >= 11 is 0. The summed E-state index contributed by atoms with van der Waals surface area (Å²) in [6.45, 7) is 4.12. The average Bonchev–Trinajstić information content (AvgIpc) is 2.91. The highest BCUT2D eigenvalue weighted by atomic mass is 16.4. The second-order valence-corrected chi connectivity index (χ2v) is 6.16. The Kier molecular flexibility index (Phi) is 3.83. The van der Waals surface area contributed by atoms with Gasteiger partial charge in [-0.2, -0.15) is 5.10 Å². The number of carbonyl (C=O) groups excluding carboxylic acids is 1. The third kappa shape index (κ3) is 2.84. The van der Waals surface area contributed by atoms with Crippen LogP contribution in [0.5, 0.6) is 0 Å². The lowest BCUT2D eigenvalue weighted by Gasteiger charge is -2.27. The molecule has 6 heteroatoms. The van der Waals surface area contributed by atoms with E-state index in [2.05, 4.69) is 24.3 Å². The second kappa shape index (κ2) is 5.26. The lowest BCUT2D eigenvalue weighted by Crippen LogP contribution is -2.40. The van der Waals surface area contributed by atoms with Gasteiger partial charge in [-0.25, -0.2) is 4.79 Å². The molecule has 2 unspecified atom stereocenters. The van der Waals surface area contributed by atoms with Crippen molar-refractivity contribution in [2.45, 2.75) is 39.2 Å². The van der Waals surface area contributed by atoms with Crippen molar-refractivity contribution in [1.29, 1.82) is 0 Å². The first-order chi connectivity index (χ1) is 9.31. The molecule has 1 aliphatic carbocycles. The number of amides is 1. The molecule has 6 nitrogen and oxygen atoms in total. The summed E-state index contributed by atoms with van der Waals surface area (Å²) < 4.78 is 1.52. The zero-order valence-corrected chi connectivity index (χ0v) is 12.1. The van der Waals surface area contributed by atoms with Crippen molar-refractivity contribution in [2.24, 2.45) is 18.4 Å². The maximum absolute atomic E-state index is 12.4. The summed E-state index contributed by atoms with van der Waals surface area (Å²) in [6, 6.07) is -1.03. The summed E-state index contributed by atoms with van der Waals surface area (Å²) in [6.07, 6.45) is 5.90. The van der Waals surface area contributed by atoms with Gasteiger partial charge in [0.1, 0.15) is 0 Å². The zero-order valence-electron chi connectivity index (χ0n) is 12.1. The van der Waals surface area contributed by atoms with Crippen LogP contribution < -0.4 is 5.32 Å². The minimum Gasteiger partial charge on any atom is -0.479 e. The summed E-state index contributed by atoms with van der Waals surface area (Å²) in [5.74, 6) is -1.37. The van der Waals surface area contributed by atoms with Crippen molar-refractivity contribution in [3.63, 3.8) is 0 Å². The van der Waals surface area contributed by atoms with E-state index in [0.29, 0.717) is 5.56 Å². The maximum Gasteiger partial charge on any atom is 0.331 e. The number of carbonyl (C=O) groups is 2. The Labute approximate surface area is 118 Å². The second-order valence-electron chi connectivity index (χ2n) is 6.16. The monoisotopic (exact) mass is 279 g/mol. The molecule has 1 fully saturated rings. The molecule has 1 saturated carbocycles. The standard InChI is InChI=1S/C14H21N3O3/c1-14(2)6-4-5-10(14)12(18)16-11(13(19)20)9-7-15-17(3)8-9/h7-8,10-11H,4-6H2,1-3H3,(H,16,18)(H,19,20). The fourth-order valence-corrected chi connectivity index (χ4v) is 2.93. The van der Waals surface area contributed by atoms with Crippen molar-refractivity contribution in [3.8, 4) is 0 Å². The van der Waals surface area contributed by atoms with Crippen LogP contribution in [0.25, 0.3) is 0 Å². The van der Waals surface area contributed by atoms with E-state index in [1.807, 2.05) is 0 Å². The molecule has 2 rings (SSSR count). The van der Waals surface area contributed by atoms with Crippen molar-refractivity contribution < 1.29 is 14.7 Å². The van der Waals surface area contributed by atoms with Gasteiger partial charge in [0.15, 0.2) is 6.04 Å². The summed E-state index contributed by atoms with van der Waals surface area (Å²) in [7, 11) is 1.71. The van der Waals surface area contributed by atoms with Crippen LogP contribution >= 0.6 is 0 Å². The number of aliphatic carboxylic acids is 1. The third-order valence-corrected chi connectivity index (χ3v) is 4.17. The SMILES string of the molecule is Cn1cc(C(NC(=O)C2CCCC2(C)C)C(=O)O)cn1. The minimum atomic E-state index is -1.07. The first kappa shape index (κ1) is 14.6. The molecule has 0 spiro atoms. The van der Waals surface area contributed by atoms with Gasteiger partial charge >= 0.3 is 5.97 Å². The number of nitrogens with zero attached hydrogens (tertiary/aromatic N) is 2. The average molecular weight is 279 g/mol. The number of aromatic nitrogens is 2. The summed E-state index contributed by atoms with van der Waals surface area (Å²) in [5, 5.41) is 15.9. The van der Waals surface area contributed by atoms with Gasteiger partial charge in [-0.1, -0.05) is 20.3 Å². The van der Waals surface area contributed by atoms with E-state index in [-0.39, 0.29) is 17.2 Å². The quantitative estimate of drug-likeness (QED) is 0.874. The summed E-state index contributed by atoms with van der Waals surface area (Å²) in [4.78, 5) is 23.7. The minimum absolute atomic E-state index is 0.0674. The van der Waals surface area contributed by atoms with E-state index in [1.165, 1.54) is 10.9 Å². The first-order valence-corrected chi connectivity index (χ1v) is 6.83. The van der Waals surface area contributed by atoms with Gasteiger partial charge in [0, 0.05) is 24.7 Å². The van der Waals surface area contributed by atoms with Crippen LogP contribution in [-0.2, 0) is 16.6 Å². The van der Waals surface area contributed by atoms with Gasteiger partial charge in [0.25, 0.3) is 0 Å². The van der Waals surface area contributed by atoms with Crippen molar-refractivity contribution in [3.05, 3.63) is 18.0 Å². The van der Waals surface area contributed by atoms with Crippen molar-refractivity contribution in [2.75, 3.05) is 0 Å². The molecular formula is C14H21N3O3. The van der Waals surface area contributed by atoms with Crippen LogP contribution in [0.2, 0.25) is 0 Å². The maximum atomic E-state index is 12.4.